The van der Waals surface area contributed by atoms with Crippen LogP contribution in [0.15, 0.2) is 120 Å². The van der Waals surface area contributed by atoms with Crippen molar-refractivity contribution < 1.29 is 50.6 Å². The Morgan fingerprint density at radius 2 is 1.33 bits per heavy atom. The highest BCUT2D eigenvalue weighted by atomic mass is 32.2. The third-order valence-electron chi connectivity index (χ3n) is 9.50. The van der Waals surface area contributed by atoms with Crippen LogP contribution in [0.1, 0.15) is 18.1 Å². The Morgan fingerprint density at radius 1 is 0.833 bits per heavy atom. The van der Waals surface area contributed by atoms with Gasteiger partial charge in [0.1, 0.15) is 5.54 Å². The maximum Gasteiger partial charge on any atom is 0.490 e. The third-order valence-corrected chi connectivity index (χ3v) is 11.5. The van der Waals surface area contributed by atoms with Crippen LogP contribution in [0.5, 0.6) is 0 Å². The number of carboxylic acid groups (broad SMARTS) is 1. The molecular weight excluding hydrogens is 728 g/mol. The molecule has 15 heteroatoms. The Bertz CT molecular complexity index is 2070. The molecule has 0 aromatic heterocycles. The van der Waals surface area contributed by atoms with Gasteiger partial charge in [0, 0.05) is 25.6 Å². The van der Waals surface area contributed by atoms with Gasteiger partial charge < -0.3 is 9.84 Å². The molecule has 0 aliphatic carbocycles. The van der Waals surface area contributed by atoms with Crippen molar-refractivity contribution >= 4 is 33.8 Å². The van der Waals surface area contributed by atoms with Gasteiger partial charge in [-0.05, 0) is 34.4 Å². The predicted octanol–water partition coefficient (Wildman–Crippen LogP) is 4.93. The van der Waals surface area contributed by atoms with E-state index in [4.69, 9.17) is 14.6 Å². The Kier molecular flexibility index (Phi) is 12.0. The summed E-state index contributed by atoms with van der Waals surface area (Å²) in [5, 5.41) is 10.4. The molecule has 2 amide bonds. The number of methoxy groups -OCH3 is 1. The summed E-state index contributed by atoms with van der Waals surface area (Å²) in [6.45, 7) is 1.75. The van der Waals surface area contributed by atoms with Crippen LogP contribution < -0.4 is 5.32 Å². The molecule has 0 radical (unpaired) electrons. The van der Waals surface area contributed by atoms with E-state index in [1.54, 1.807) is 31.2 Å². The number of likely N-dealkylation sites (N-methyl/N-ethyl adjacent to an activating group) is 1. The molecule has 0 spiro atoms. The number of hydrogen-bond acceptors (Lipinski definition) is 8. The number of fused-ring (bicyclic) bond motifs is 1. The number of hydrogen-bond donors (Lipinski definition) is 2. The van der Waals surface area contributed by atoms with Crippen molar-refractivity contribution in [3.05, 3.63) is 126 Å². The highest BCUT2D eigenvalue weighted by Crippen LogP contribution is 2.46. The number of esters is 1. The lowest BCUT2D eigenvalue weighted by Gasteiger charge is -2.33. The largest absolute Gasteiger partial charge is 0.490 e. The van der Waals surface area contributed by atoms with E-state index in [-0.39, 0.29) is 31.0 Å². The first-order valence-electron chi connectivity index (χ1n) is 16.9. The van der Waals surface area contributed by atoms with E-state index in [9.17, 15) is 36.0 Å². The summed E-state index contributed by atoms with van der Waals surface area (Å²) in [6.07, 6.45) is -5.00. The highest BCUT2D eigenvalue weighted by molar-refractivity contribution is 7.89. The van der Waals surface area contributed by atoms with E-state index < -0.39 is 63.4 Å². The first-order chi connectivity index (χ1) is 25.6. The molecule has 4 atom stereocenters. The normalized spacial score (nSPS) is 21.0. The number of nitrogens with zero attached hydrogens (tertiary/aromatic N) is 2. The van der Waals surface area contributed by atoms with Crippen molar-refractivity contribution in [2.45, 2.75) is 42.5 Å². The zero-order valence-electron chi connectivity index (χ0n) is 29.3. The van der Waals surface area contributed by atoms with Gasteiger partial charge in [-0.15, -0.1) is 0 Å². The maximum atomic E-state index is 14.2. The van der Waals surface area contributed by atoms with E-state index in [1.165, 1.54) is 16.3 Å². The number of imide groups is 1. The van der Waals surface area contributed by atoms with Crippen molar-refractivity contribution in [2.24, 2.45) is 11.8 Å². The number of alkyl halides is 3. The minimum Gasteiger partial charge on any atom is -0.475 e. The number of benzene rings is 4. The lowest BCUT2D eigenvalue weighted by atomic mass is 9.76. The van der Waals surface area contributed by atoms with E-state index in [2.05, 4.69) is 5.32 Å². The van der Waals surface area contributed by atoms with Gasteiger partial charge in [-0.2, -0.15) is 17.5 Å². The molecule has 4 aromatic carbocycles. The van der Waals surface area contributed by atoms with Gasteiger partial charge in [0.15, 0.2) is 0 Å². The number of likely N-dealkylation sites (tertiary alicyclic amines) is 1. The molecule has 0 bridgehead atoms. The third kappa shape index (κ3) is 8.22. The van der Waals surface area contributed by atoms with Crippen molar-refractivity contribution in [3.63, 3.8) is 0 Å². The molecule has 2 fully saturated rings. The minimum atomic E-state index is -5.08. The zero-order chi connectivity index (χ0) is 39.3. The molecule has 2 saturated heterocycles. The Balaban J connectivity index is 0.000000730. The van der Waals surface area contributed by atoms with Crippen LogP contribution in [-0.2, 0) is 46.9 Å². The van der Waals surface area contributed by atoms with Gasteiger partial charge in [-0.25, -0.2) is 13.2 Å². The number of carboxylic acids is 1. The van der Waals surface area contributed by atoms with Crippen molar-refractivity contribution in [2.75, 3.05) is 20.2 Å². The van der Waals surface area contributed by atoms with Crippen molar-refractivity contribution in [1.82, 2.24) is 14.5 Å². The van der Waals surface area contributed by atoms with Crippen molar-refractivity contribution in [3.8, 4) is 11.1 Å². The van der Waals surface area contributed by atoms with Crippen LogP contribution >= 0.6 is 0 Å². The standard InChI is InChI=1S/C37H37N3O6S.C2HF3O2/c1-3-39(47(44,45)30-21-19-29(20-22-30)28-17-11-6-12-18-28)25-31-32-33(35(42)40(34(32)41)24-27-15-9-5-10-16-27)37(38-31,36(43)46-2)23-26-13-7-4-8-14-26;3-2(4,5)1(6)7/h4-22,31-33,38H,3,23-25H2,1-2H3;(H,6,7)/t31-,32+,33-,37-;/m1./s1. The monoisotopic (exact) mass is 765 g/mol. The predicted molar refractivity (Wildman–Crippen MR) is 191 cm³/mol. The lowest BCUT2D eigenvalue weighted by Crippen LogP contribution is -2.59. The molecule has 4 aromatic rings. The van der Waals surface area contributed by atoms with E-state index in [0.29, 0.717) is 0 Å². The number of ether oxygens (including phenoxy) is 1. The van der Waals surface area contributed by atoms with Crippen LogP contribution in [0.3, 0.4) is 0 Å². The smallest absolute Gasteiger partial charge is 0.475 e. The summed E-state index contributed by atoms with van der Waals surface area (Å²) in [5.41, 5.74) is 1.79. The fraction of sp³-hybridized carbons (Fsp3) is 0.282. The Labute approximate surface area is 310 Å². The van der Waals surface area contributed by atoms with E-state index in [1.807, 2.05) is 91.0 Å². The molecule has 284 valence electrons. The van der Waals surface area contributed by atoms with E-state index >= 15 is 0 Å². The quantitative estimate of drug-likeness (QED) is 0.160. The Hall–Kier alpha value is -5.38. The van der Waals surface area contributed by atoms with E-state index in [0.717, 1.165) is 22.3 Å². The fourth-order valence-corrected chi connectivity index (χ4v) is 8.48. The summed E-state index contributed by atoms with van der Waals surface area (Å²) < 4.78 is 66.4. The van der Waals surface area contributed by atoms with Gasteiger partial charge in [-0.1, -0.05) is 110 Å². The topological polar surface area (TPSA) is 150 Å². The average molecular weight is 766 g/mol. The summed E-state index contributed by atoms with van der Waals surface area (Å²) in [7, 11) is -2.76. The van der Waals surface area contributed by atoms with Gasteiger partial charge in [0.05, 0.1) is 30.4 Å². The summed E-state index contributed by atoms with van der Waals surface area (Å²) in [4.78, 5) is 52.4. The zero-order valence-corrected chi connectivity index (χ0v) is 30.1. The number of carbonyl (C=O) groups is 4. The van der Waals surface area contributed by atoms with Crippen molar-refractivity contribution in [1.29, 1.82) is 0 Å². The SMILES string of the molecule is CCN(C[C@H]1N[C@@](Cc2ccccc2)(C(=O)OC)[C@H]2C(=O)N(Cc3ccccc3)C(=O)[C@@H]12)S(=O)(=O)c1ccc(-c2ccccc2)cc1.O=C(O)C(F)(F)F. The summed E-state index contributed by atoms with van der Waals surface area (Å²) in [6, 6.07) is 33.9. The van der Waals surface area contributed by atoms with Gasteiger partial charge >= 0.3 is 18.1 Å². The summed E-state index contributed by atoms with van der Waals surface area (Å²) >= 11 is 0. The molecular formula is C39H38F3N3O8S. The maximum absolute atomic E-state index is 14.2. The van der Waals surface area contributed by atoms with Crippen LogP contribution in [0.25, 0.3) is 11.1 Å². The molecule has 2 N–H and O–H groups in total. The molecule has 0 unspecified atom stereocenters. The van der Waals surface area contributed by atoms with Crippen LogP contribution in [0.2, 0.25) is 0 Å². The van der Waals surface area contributed by atoms with Gasteiger partial charge in [0.2, 0.25) is 21.8 Å². The first-order valence-corrected chi connectivity index (χ1v) is 18.3. The fourth-order valence-electron chi connectivity index (χ4n) is 7.00. The molecule has 2 aliphatic heterocycles. The number of aliphatic carboxylic acids is 1. The number of sulfonamides is 1. The second-order valence-electron chi connectivity index (χ2n) is 12.8. The van der Waals surface area contributed by atoms with Crippen LogP contribution in [0, 0.1) is 11.8 Å². The second-order valence-corrected chi connectivity index (χ2v) is 14.7. The van der Waals surface area contributed by atoms with Gasteiger partial charge in [-0.3, -0.25) is 24.6 Å². The number of carbonyl (C=O) groups excluding carboxylic acids is 3. The van der Waals surface area contributed by atoms with Crippen LogP contribution in [0.4, 0.5) is 13.2 Å². The van der Waals surface area contributed by atoms with Gasteiger partial charge in [0.25, 0.3) is 0 Å². The molecule has 54 heavy (non-hydrogen) atoms. The number of amides is 2. The Morgan fingerprint density at radius 3 is 1.83 bits per heavy atom. The minimum absolute atomic E-state index is 0.0460. The molecule has 6 rings (SSSR count). The number of nitrogens with one attached hydrogen (secondary N) is 1. The lowest BCUT2D eigenvalue weighted by molar-refractivity contribution is -0.192. The molecule has 2 aliphatic rings. The van der Waals surface area contributed by atoms with Crippen LogP contribution in [-0.4, -0.2) is 84.4 Å². The molecule has 11 nitrogen and oxygen atoms in total. The second kappa shape index (κ2) is 16.3. The molecule has 0 saturated carbocycles. The number of halogens is 3. The number of rotatable bonds is 11. The summed E-state index contributed by atoms with van der Waals surface area (Å²) in [5.74, 6) is -6.44. The molecule has 2 heterocycles. The average Bonchev–Trinajstić information content (AvgIpc) is 3.62. The first kappa shape index (κ1) is 39.8. The highest BCUT2D eigenvalue weighted by Gasteiger charge is 2.68.